The van der Waals surface area contributed by atoms with Gasteiger partial charge in [0.05, 0.1) is 6.04 Å². The van der Waals surface area contributed by atoms with E-state index in [4.69, 9.17) is 0 Å². The van der Waals surface area contributed by atoms with Gasteiger partial charge in [0.15, 0.2) is 5.78 Å². The molecule has 3 atom stereocenters. The van der Waals surface area contributed by atoms with E-state index in [2.05, 4.69) is 9.44 Å². The minimum atomic E-state index is -2.54. The lowest BCUT2D eigenvalue weighted by Gasteiger charge is -2.29. The predicted molar refractivity (Wildman–Crippen MR) is 154 cm³/mol. The fourth-order valence-corrected chi connectivity index (χ4v) is 5.68. The van der Waals surface area contributed by atoms with Crippen LogP contribution in [0.2, 0.25) is 0 Å². The normalized spacial score (nSPS) is 15.9. The molecule has 1 saturated carbocycles. The Kier molecular flexibility index (Phi) is 9.62. The molecule has 8 nitrogen and oxygen atoms in total. The van der Waals surface area contributed by atoms with Crippen molar-refractivity contribution in [1.29, 1.82) is 0 Å². The summed E-state index contributed by atoms with van der Waals surface area (Å²) in [6, 6.07) is 8.43. The number of nitrogens with one attached hydrogen (secondary N) is 2. The lowest BCUT2D eigenvalue weighted by atomic mass is 9.87. The van der Waals surface area contributed by atoms with Crippen LogP contribution in [0.5, 0.6) is 0 Å². The number of aromatic nitrogens is 1. The van der Waals surface area contributed by atoms with E-state index in [1.165, 1.54) is 28.8 Å². The number of benzene rings is 2. The average Bonchev–Trinajstić information content (AvgIpc) is 3.74. The van der Waals surface area contributed by atoms with Gasteiger partial charge in [-0.25, -0.2) is 13.5 Å². The first kappa shape index (κ1) is 31.2. The lowest BCUT2D eigenvalue weighted by molar-refractivity contribution is 0.103. The maximum absolute atomic E-state index is 15.4. The summed E-state index contributed by atoms with van der Waals surface area (Å²) in [6.07, 6.45) is 3.26. The van der Waals surface area contributed by atoms with E-state index >= 15 is 4.39 Å². The number of rotatable bonds is 11. The van der Waals surface area contributed by atoms with Crippen LogP contribution in [0.3, 0.4) is 0 Å². The largest absolute Gasteiger partial charge is 0.760 e. The van der Waals surface area contributed by atoms with Crippen molar-refractivity contribution in [3.8, 4) is 11.1 Å². The highest BCUT2D eigenvalue weighted by Gasteiger charge is 2.40. The van der Waals surface area contributed by atoms with Crippen LogP contribution in [0.1, 0.15) is 66.7 Å². The van der Waals surface area contributed by atoms with Gasteiger partial charge < -0.3 is 13.7 Å². The second kappa shape index (κ2) is 12.6. The molecule has 0 spiro atoms. The number of aryl methyl sites for hydroxylation is 1. The standard InChI is InChI=1S/C29H33F2N3O5S2/c1-29(2,3)40(37)33-27(17-5-6-17)22-15-26(35)34(4)16-24(22)21-13-19(11-12-32-41(38)39)25(31)14-23(21)28(36)18-7-9-20(30)10-8-18/h7-10,13-17,27,32-33H,5-6,11-12H2,1-4H3,(H,38,39)/p-1. The Labute approximate surface area is 243 Å². The second-order valence-corrected chi connectivity index (χ2v) is 13.9. The molecule has 3 aromatic rings. The van der Waals surface area contributed by atoms with Crippen LogP contribution in [-0.2, 0) is 36.1 Å². The van der Waals surface area contributed by atoms with Gasteiger partial charge >= 0.3 is 0 Å². The van der Waals surface area contributed by atoms with Crippen LogP contribution >= 0.6 is 0 Å². The van der Waals surface area contributed by atoms with Crippen molar-refractivity contribution in [2.45, 2.75) is 50.8 Å². The fourth-order valence-electron chi connectivity index (χ4n) is 4.51. The average molecular weight is 605 g/mol. The summed E-state index contributed by atoms with van der Waals surface area (Å²) in [7, 11) is 1.56. The molecular weight excluding hydrogens is 572 g/mol. The molecule has 1 aromatic heterocycles. The van der Waals surface area contributed by atoms with Crippen LogP contribution < -0.4 is 15.0 Å². The summed E-state index contributed by atoms with van der Waals surface area (Å²) < 4.78 is 70.2. The Balaban J connectivity index is 1.92. The lowest BCUT2D eigenvalue weighted by Crippen LogP contribution is -2.42. The van der Waals surface area contributed by atoms with Crippen molar-refractivity contribution >= 4 is 28.4 Å². The van der Waals surface area contributed by atoms with Gasteiger partial charge in [-0.1, -0.05) is 0 Å². The topological polar surface area (TPSA) is 126 Å². The van der Waals surface area contributed by atoms with E-state index in [-0.39, 0.29) is 41.1 Å². The number of carbonyl (C=O) groups excluding carboxylic acids is 1. The summed E-state index contributed by atoms with van der Waals surface area (Å²) in [4.78, 5) is 26.6. The third kappa shape index (κ3) is 7.56. The summed E-state index contributed by atoms with van der Waals surface area (Å²) in [5.74, 6) is -1.70. The first-order chi connectivity index (χ1) is 19.3. The molecule has 12 heteroatoms. The van der Waals surface area contributed by atoms with E-state index in [1.54, 1.807) is 13.2 Å². The first-order valence-corrected chi connectivity index (χ1v) is 15.3. The van der Waals surface area contributed by atoms with Gasteiger partial charge in [0.25, 0.3) is 5.56 Å². The molecule has 1 aliphatic carbocycles. The number of pyridine rings is 1. The molecule has 4 rings (SSSR count). The Morgan fingerprint density at radius 2 is 1.80 bits per heavy atom. The number of hydrogen-bond acceptors (Lipinski definition) is 6. The molecule has 3 unspecified atom stereocenters. The van der Waals surface area contributed by atoms with Crippen molar-refractivity contribution in [1.82, 2.24) is 14.0 Å². The van der Waals surface area contributed by atoms with Gasteiger partial charge in [-0.15, -0.1) is 4.72 Å². The van der Waals surface area contributed by atoms with Crippen LogP contribution in [-0.4, -0.2) is 35.0 Å². The zero-order valence-electron chi connectivity index (χ0n) is 23.2. The summed E-state index contributed by atoms with van der Waals surface area (Å²) in [6.45, 7) is 5.42. The number of ketones is 1. The van der Waals surface area contributed by atoms with Gasteiger partial charge in [-0.2, -0.15) is 0 Å². The maximum Gasteiger partial charge on any atom is 0.250 e. The number of hydrogen-bond donors (Lipinski definition) is 2. The monoisotopic (exact) mass is 604 g/mol. The zero-order valence-corrected chi connectivity index (χ0v) is 24.8. The van der Waals surface area contributed by atoms with E-state index in [1.807, 2.05) is 20.8 Å². The van der Waals surface area contributed by atoms with Crippen LogP contribution in [0.15, 0.2) is 53.5 Å². The van der Waals surface area contributed by atoms with Gasteiger partial charge in [0.2, 0.25) is 0 Å². The molecule has 1 heterocycles. The van der Waals surface area contributed by atoms with Crippen molar-refractivity contribution < 1.29 is 26.9 Å². The number of nitrogens with zero attached hydrogens (tertiary/aromatic N) is 1. The fraction of sp³-hybridized carbons (Fsp3) is 0.379. The molecule has 2 N–H and O–H groups in total. The van der Waals surface area contributed by atoms with Gasteiger partial charge in [-0.05, 0) is 99.0 Å². The highest BCUT2D eigenvalue weighted by atomic mass is 32.2. The number of carbonyl (C=O) groups is 1. The van der Waals surface area contributed by atoms with Crippen LogP contribution in [0, 0.1) is 17.6 Å². The SMILES string of the molecule is Cn1cc(-c2cc(CCNS(=O)[O-])c(F)cc2C(=O)c2ccc(F)cc2)c(C(N[S+]([O-])C(C)(C)C)C2CC2)cc1=O. The zero-order chi connectivity index (χ0) is 30.1. The maximum atomic E-state index is 15.4. The highest BCUT2D eigenvalue weighted by molar-refractivity contribution is 7.90. The third-order valence-electron chi connectivity index (χ3n) is 6.92. The Hall–Kier alpha value is -2.74. The third-order valence-corrected chi connectivity index (χ3v) is 8.94. The molecule has 0 aliphatic heterocycles. The molecule has 41 heavy (non-hydrogen) atoms. The minimum absolute atomic E-state index is 0.00270. The Morgan fingerprint density at radius 1 is 1.15 bits per heavy atom. The molecule has 0 radical (unpaired) electrons. The van der Waals surface area contributed by atoms with E-state index in [0.717, 1.165) is 31.0 Å². The van der Waals surface area contributed by atoms with Crippen molar-refractivity contribution in [3.05, 3.63) is 92.9 Å². The van der Waals surface area contributed by atoms with Gasteiger partial charge in [0, 0.05) is 65.2 Å². The van der Waals surface area contributed by atoms with E-state index in [0.29, 0.717) is 16.7 Å². The molecule has 1 aliphatic rings. The highest BCUT2D eigenvalue weighted by Crippen LogP contribution is 2.45. The molecule has 220 valence electrons. The minimum Gasteiger partial charge on any atom is -0.760 e. The molecular formula is C29H32F2N3O5S2-. The quantitative estimate of drug-likeness (QED) is 0.194. The van der Waals surface area contributed by atoms with Crippen molar-refractivity contribution in [2.24, 2.45) is 13.0 Å². The molecule has 0 bridgehead atoms. The van der Waals surface area contributed by atoms with Crippen LogP contribution in [0.25, 0.3) is 11.1 Å². The van der Waals surface area contributed by atoms with Crippen molar-refractivity contribution in [2.75, 3.05) is 6.54 Å². The first-order valence-electron chi connectivity index (χ1n) is 13.1. The summed E-state index contributed by atoms with van der Waals surface area (Å²) >= 11 is -4.01. The van der Waals surface area contributed by atoms with Gasteiger partial charge in [0.1, 0.15) is 16.4 Å². The predicted octanol–water partition coefficient (Wildman–Crippen LogP) is 3.99. The van der Waals surface area contributed by atoms with Gasteiger partial charge in [-0.3, -0.25) is 13.8 Å². The molecule has 2 aromatic carbocycles. The van der Waals surface area contributed by atoms with Crippen molar-refractivity contribution in [3.63, 3.8) is 0 Å². The Morgan fingerprint density at radius 3 is 2.39 bits per heavy atom. The summed E-state index contributed by atoms with van der Waals surface area (Å²) in [5.41, 5.74) is 1.28. The summed E-state index contributed by atoms with van der Waals surface area (Å²) in [5, 5.41) is 0. The number of halogens is 2. The Bertz CT molecular complexity index is 1520. The molecule has 0 saturated heterocycles. The second-order valence-electron chi connectivity index (χ2n) is 11.1. The van der Waals surface area contributed by atoms with E-state index < -0.39 is 50.8 Å². The van der Waals surface area contributed by atoms with Crippen LogP contribution in [0.4, 0.5) is 8.78 Å². The molecule has 0 amide bonds. The van der Waals surface area contributed by atoms with E-state index in [9.17, 15) is 27.3 Å². The molecule has 1 fully saturated rings. The smallest absolute Gasteiger partial charge is 0.250 e.